The van der Waals surface area contributed by atoms with Crippen LogP contribution in [0.5, 0.6) is 5.75 Å². The predicted octanol–water partition coefficient (Wildman–Crippen LogP) is 2.62. The number of morpholine rings is 1. The molecule has 1 amide bonds. The Hall–Kier alpha value is -2.46. The van der Waals surface area contributed by atoms with Crippen LogP contribution in [0.15, 0.2) is 58.8 Å². The molecule has 4 rings (SSSR count). The molecule has 7 nitrogen and oxygen atoms in total. The number of hydrogen-bond donors (Lipinski definition) is 1. The number of carbonyl (C=O) groups is 1. The van der Waals surface area contributed by atoms with E-state index in [9.17, 15) is 13.2 Å². The molecule has 0 spiro atoms. The number of sulfonamides is 1. The number of ether oxygens (including phenoxy) is 2. The first kappa shape index (κ1) is 20.8. The van der Waals surface area contributed by atoms with Gasteiger partial charge in [0.15, 0.2) is 6.61 Å². The lowest BCUT2D eigenvalue weighted by molar-refractivity contribution is -0.123. The van der Waals surface area contributed by atoms with Gasteiger partial charge in [-0.2, -0.15) is 4.31 Å². The van der Waals surface area contributed by atoms with Crippen LogP contribution < -0.4 is 10.1 Å². The molecule has 9 heteroatoms. The third kappa shape index (κ3) is 4.81. The molecule has 1 aliphatic heterocycles. The zero-order valence-electron chi connectivity index (χ0n) is 16.2. The molecule has 1 aromatic heterocycles. The minimum Gasteiger partial charge on any atom is -0.484 e. The number of nitrogens with zero attached hydrogens (tertiary/aromatic N) is 1. The van der Waals surface area contributed by atoms with Gasteiger partial charge in [0.05, 0.1) is 19.8 Å². The lowest BCUT2D eigenvalue weighted by atomic mass is 10.1. The van der Waals surface area contributed by atoms with Gasteiger partial charge in [-0.1, -0.05) is 30.3 Å². The topological polar surface area (TPSA) is 84.9 Å². The standard InChI is InChI=1S/C21H22N2O5S2/c24-20(15-28-18-6-5-16-3-1-2-4-17(16)13-18)22-14-19-7-8-21(29-19)30(25,26)23-9-11-27-12-10-23/h1-8,13H,9-12,14-15H2,(H,22,24). The van der Waals surface area contributed by atoms with Gasteiger partial charge >= 0.3 is 0 Å². The van der Waals surface area contributed by atoms with Gasteiger partial charge in [0.1, 0.15) is 9.96 Å². The Morgan fingerprint density at radius 1 is 1.07 bits per heavy atom. The second kappa shape index (κ2) is 9.13. The molecule has 2 aromatic carbocycles. The van der Waals surface area contributed by atoms with Crippen molar-refractivity contribution in [1.29, 1.82) is 0 Å². The number of amides is 1. The minimum absolute atomic E-state index is 0.108. The summed E-state index contributed by atoms with van der Waals surface area (Å²) in [5.41, 5.74) is 0. The zero-order chi connectivity index (χ0) is 21.0. The van der Waals surface area contributed by atoms with Crippen LogP contribution in [0, 0.1) is 0 Å². The normalized spacial score (nSPS) is 15.2. The fourth-order valence-electron chi connectivity index (χ4n) is 3.15. The molecule has 1 saturated heterocycles. The van der Waals surface area contributed by atoms with E-state index in [0.29, 0.717) is 32.1 Å². The Morgan fingerprint density at radius 2 is 1.83 bits per heavy atom. The van der Waals surface area contributed by atoms with Crippen LogP contribution in [0.2, 0.25) is 0 Å². The van der Waals surface area contributed by atoms with Crippen molar-refractivity contribution in [3.63, 3.8) is 0 Å². The quantitative estimate of drug-likeness (QED) is 0.603. The van der Waals surface area contributed by atoms with Gasteiger partial charge in [-0.05, 0) is 35.0 Å². The highest BCUT2D eigenvalue weighted by Gasteiger charge is 2.27. The summed E-state index contributed by atoms with van der Waals surface area (Å²) >= 11 is 1.17. The fraction of sp³-hybridized carbons (Fsp3) is 0.286. The third-order valence-corrected chi connectivity index (χ3v) is 8.20. The van der Waals surface area contributed by atoms with Crippen molar-refractivity contribution in [2.24, 2.45) is 0 Å². The summed E-state index contributed by atoms with van der Waals surface area (Å²) in [4.78, 5) is 12.9. The van der Waals surface area contributed by atoms with Crippen LogP contribution in [0.25, 0.3) is 10.8 Å². The first-order valence-corrected chi connectivity index (χ1v) is 11.8. The molecule has 0 unspecified atom stereocenters. The Balaban J connectivity index is 1.29. The van der Waals surface area contributed by atoms with Crippen LogP contribution in [0.1, 0.15) is 4.88 Å². The molecule has 3 aromatic rings. The van der Waals surface area contributed by atoms with Crippen molar-refractivity contribution < 1.29 is 22.7 Å². The number of benzene rings is 2. The van der Waals surface area contributed by atoms with E-state index in [1.807, 2.05) is 42.5 Å². The van der Waals surface area contributed by atoms with E-state index >= 15 is 0 Å². The van der Waals surface area contributed by atoms with E-state index in [0.717, 1.165) is 15.6 Å². The molecule has 0 aliphatic carbocycles. The lowest BCUT2D eigenvalue weighted by Gasteiger charge is -2.25. The molecular formula is C21H22N2O5S2. The largest absolute Gasteiger partial charge is 0.484 e. The highest BCUT2D eigenvalue weighted by atomic mass is 32.2. The zero-order valence-corrected chi connectivity index (χ0v) is 17.9. The maximum atomic E-state index is 12.7. The van der Waals surface area contributed by atoms with Gasteiger partial charge in [-0.15, -0.1) is 11.3 Å². The van der Waals surface area contributed by atoms with Crippen molar-refractivity contribution in [3.05, 3.63) is 59.5 Å². The Morgan fingerprint density at radius 3 is 2.63 bits per heavy atom. The lowest BCUT2D eigenvalue weighted by Crippen LogP contribution is -2.40. The molecule has 0 atom stereocenters. The average Bonchev–Trinajstić information content (AvgIpc) is 3.27. The van der Waals surface area contributed by atoms with Crippen molar-refractivity contribution in [2.45, 2.75) is 10.8 Å². The second-order valence-electron chi connectivity index (χ2n) is 6.81. The summed E-state index contributed by atoms with van der Waals surface area (Å²) in [7, 11) is -3.51. The van der Waals surface area contributed by atoms with Crippen molar-refractivity contribution in [3.8, 4) is 5.75 Å². The number of rotatable bonds is 7. The van der Waals surface area contributed by atoms with E-state index in [4.69, 9.17) is 9.47 Å². The van der Waals surface area contributed by atoms with Gasteiger partial charge < -0.3 is 14.8 Å². The van der Waals surface area contributed by atoms with E-state index in [2.05, 4.69) is 5.32 Å². The van der Waals surface area contributed by atoms with Crippen LogP contribution >= 0.6 is 11.3 Å². The molecule has 0 bridgehead atoms. The van der Waals surface area contributed by atoms with Crippen LogP contribution in [0.3, 0.4) is 0 Å². The molecule has 2 heterocycles. The average molecular weight is 447 g/mol. The van der Waals surface area contributed by atoms with Gasteiger partial charge in [0, 0.05) is 18.0 Å². The number of thiophene rings is 1. The summed E-state index contributed by atoms with van der Waals surface area (Å²) in [6, 6.07) is 16.9. The highest BCUT2D eigenvalue weighted by molar-refractivity contribution is 7.91. The van der Waals surface area contributed by atoms with E-state index in [1.54, 1.807) is 12.1 Å². The molecule has 158 valence electrons. The summed E-state index contributed by atoms with van der Waals surface area (Å²) in [5.74, 6) is 0.355. The maximum Gasteiger partial charge on any atom is 0.258 e. The second-order valence-corrected chi connectivity index (χ2v) is 10.1. The van der Waals surface area contributed by atoms with Crippen LogP contribution in [-0.2, 0) is 26.1 Å². The van der Waals surface area contributed by atoms with E-state index in [-0.39, 0.29) is 23.3 Å². The molecular weight excluding hydrogens is 424 g/mol. The summed E-state index contributed by atoms with van der Waals surface area (Å²) in [5, 5.41) is 4.92. The highest BCUT2D eigenvalue weighted by Crippen LogP contribution is 2.25. The van der Waals surface area contributed by atoms with E-state index < -0.39 is 10.0 Å². The summed E-state index contributed by atoms with van der Waals surface area (Å²) in [6.07, 6.45) is 0. The Bertz CT molecular complexity index is 1140. The molecule has 30 heavy (non-hydrogen) atoms. The SMILES string of the molecule is O=C(COc1ccc2ccccc2c1)NCc1ccc(S(=O)(=O)N2CCOCC2)s1. The fourth-order valence-corrected chi connectivity index (χ4v) is 6.01. The van der Waals surface area contributed by atoms with Crippen LogP contribution in [-0.4, -0.2) is 51.5 Å². The van der Waals surface area contributed by atoms with Gasteiger partial charge in [0.2, 0.25) is 0 Å². The predicted molar refractivity (Wildman–Crippen MR) is 115 cm³/mol. The van der Waals surface area contributed by atoms with Crippen molar-refractivity contribution >= 4 is 38.0 Å². The summed E-state index contributed by atoms with van der Waals surface area (Å²) in [6.45, 7) is 1.68. The molecule has 1 aliphatic rings. The van der Waals surface area contributed by atoms with Gasteiger partial charge in [-0.25, -0.2) is 8.42 Å². The van der Waals surface area contributed by atoms with E-state index in [1.165, 1.54) is 15.6 Å². The summed E-state index contributed by atoms with van der Waals surface area (Å²) < 4.78 is 37.8. The maximum absolute atomic E-state index is 12.7. The Labute approximate surface area is 179 Å². The molecule has 0 radical (unpaired) electrons. The minimum atomic E-state index is -3.51. The molecule has 0 saturated carbocycles. The molecule has 1 N–H and O–H groups in total. The monoisotopic (exact) mass is 446 g/mol. The first-order valence-electron chi connectivity index (χ1n) is 9.57. The third-order valence-electron chi connectivity index (χ3n) is 4.75. The number of nitrogens with one attached hydrogen (secondary N) is 1. The number of carbonyl (C=O) groups excluding carboxylic acids is 1. The smallest absolute Gasteiger partial charge is 0.258 e. The van der Waals surface area contributed by atoms with Gasteiger partial charge in [0.25, 0.3) is 15.9 Å². The first-order chi connectivity index (χ1) is 14.5. The van der Waals surface area contributed by atoms with Crippen molar-refractivity contribution in [1.82, 2.24) is 9.62 Å². The van der Waals surface area contributed by atoms with Crippen LogP contribution in [0.4, 0.5) is 0 Å². The number of fused-ring (bicyclic) bond motifs is 1. The molecule has 1 fully saturated rings. The van der Waals surface area contributed by atoms with Gasteiger partial charge in [-0.3, -0.25) is 4.79 Å². The Kier molecular flexibility index (Phi) is 6.33. The number of hydrogen-bond acceptors (Lipinski definition) is 6. The van der Waals surface area contributed by atoms with Crippen molar-refractivity contribution in [2.75, 3.05) is 32.9 Å².